The first kappa shape index (κ1) is 12.7. The number of amidine groups is 1. The molecular weight excluding hydrogens is 254 g/mol. The van der Waals surface area contributed by atoms with Crippen LogP contribution in [-0.2, 0) is 9.59 Å². The Morgan fingerprint density at radius 2 is 2.22 bits per heavy atom. The van der Waals surface area contributed by atoms with E-state index in [9.17, 15) is 9.59 Å². The number of halogens is 1. The van der Waals surface area contributed by atoms with Crippen LogP contribution in [-0.4, -0.2) is 31.2 Å². The van der Waals surface area contributed by atoms with Crippen LogP contribution in [0.3, 0.4) is 0 Å². The molecule has 1 aromatic rings. The lowest BCUT2D eigenvalue weighted by Gasteiger charge is -2.20. The van der Waals surface area contributed by atoms with E-state index in [1.165, 1.54) is 0 Å². The van der Waals surface area contributed by atoms with E-state index in [0.717, 1.165) is 0 Å². The minimum Gasteiger partial charge on any atom is -0.313 e. The van der Waals surface area contributed by atoms with Crippen LogP contribution in [0.4, 0.5) is 0 Å². The Morgan fingerprint density at radius 1 is 1.44 bits per heavy atom. The molecule has 2 N–H and O–H groups in total. The highest BCUT2D eigenvalue weighted by atomic mass is 35.5. The number of rotatable bonds is 3. The number of hydrogen-bond acceptors (Lipinski definition) is 3. The second-order valence-corrected chi connectivity index (χ2v) is 4.34. The topological polar surface area (TPSA) is 70.6 Å². The van der Waals surface area contributed by atoms with Gasteiger partial charge in [0.15, 0.2) is 0 Å². The Morgan fingerprint density at radius 3 is 2.83 bits per heavy atom. The van der Waals surface area contributed by atoms with E-state index in [2.05, 4.69) is 15.6 Å². The summed E-state index contributed by atoms with van der Waals surface area (Å²) in [5.41, 5.74) is 0.553. The van der Waals surface area contributed by atoms with Crippen molar-refractivity contribution in [2.75, 3.05) is 13.6 Å². The minimum absolute atomic E-state index is 0.339. The molecular formula is C12H12ClN3O2. The largest absolute Gasteiger partial charge is 0.313 e. The first-order valence-electron chi connectivity index (χ1n) is 5.44. The van der Waals surface area contributed by atoms with E-state index in [0.29, 0.717) is 23.0 Å². The number of carbonyl (C=O) groups excluding carboxylic acids is 2. The summed E-state index contributed by atoms with van der Waals surface area (Å²) in [7, 11) is 1.71. The van der Waals surface area contributed by atoms with Crippen LogP contribution in [0, 0.1) is 0 Å². The Balaban J connectivity index is 2.30. The zero-order valence-electron chi connectivity index (χ0n) is 9.74. The molecule has 2 rings (SSSR count). The molecule has 1 atom stereocenters. The molecule has 0 fully saturated rings. The molecule has 0 aromatic heterocycles. The summed E-state index contributed by atoms with van der Waals surface area (Å²) in [5.74, 6) is -1.41. The van der Waals surface area contributed by atoms with Gasteiger partial charge in [-0.25, -0.2) is 0 Å². The van der Waals surface area contributed by atoms with E-state index in [1.807, 2.05) is 0 Å². The first-order valence-corrected chi connectivity index (χ1v) is 5.82. The van der Waals surface area contributed by atoms with E-state index >= 15 is 0 Å². The molecule has 1 aromatic carbocycles. The molecule has 1 aliphatic heterocycles. The molecule has 1 unspecified atom stereocenters. The Bertz CT molecular complexity index is 528. The van der Waals surface area contributed by atoms with Crippen LogP contribution in [0.25, 0.3) is 0 Å². The summed E-state index contributed by atoms with van der Waals surface area (Å²) < 4.78 is 0. The number of carbonyl (C=O) groups is 2. The fraction of sp³-hybridized carbons (Fsp3) is 0.250. The molecule has 0 spiro atoms. The molecule has 0 saturated heterocycles. The van der Waals surface area contributed by atoms with Gasteiger partial charge in [0.1, 0.15) is 11.8 Å². The van der Waals surface area contributed by atoms with Gasteiger partial charge in [-0.3, -0.25) is 9.59 Å². The highest BCUT2D eigenvalue weighted by Crippen LogP contribution is 2.23. The van der Waals surface area contributed by atoms with Crippen LogP contribution < -0.4 is 10.6 Å². The minimum atomic E-state index is -0.913. The summed E-state index contributed by atoms with van der Waals surface area (Å²) in [4.78, 5) is 27.7. The van der Waals surface area contributed by atoms with Gasteiger partial charge in [-0.15, -0.1) is 0 Å². The number of aliphatic imine (C=N–C) groups is 1. The molecule has 94 valence electrons. The fourth-order valence-corrected chi connectivity index (χ4v) is 1.98. The second kappa shape index (κ2) is 5.29. The summed E-state index contributed by atoms with van der Waals surface area (Å²) in [6.07, 6.45) is 0. The average molecular weight is 266 g/mol. The lowest BCUT2D eigenvalue weighted by Crippen LogP contribution is -2.46. The average Bonchev–Trinajstić information content (AvgIpc) is 2.28. The van der Waals surface area contributed by atoms with Gasteiger partial charge in [0.25, 0.3) is 5.91 Å². The van der Waals surface area contributed by atoms with Crippen LogP contribution in [0.15, 0.2) is 29.3 Å². The van der Waals surface area contributed by atoms with Crippen molar-refractivity contribution in [1.29, 1.82) is 0 Å². The van der Waals surface area contributed by atoms with Gasteiger partial charge < -0.3 is 10.6 Å². The van der Waals surface area contributed by atoms with Gasteiger partial charge in [0.05, 0.1) is 6.54 Å². The normalized spacial score (nSPS) is 19.4. The quantitative estimate of drug-likeness (QED) is 0.791. The van der Waals surface area contributed by atoms with Crippen molar-refractivity contribution in [3.63, 3.8) is 0 Å². The number of amides is 2. The van der Waals surface area contributed by atoms with Gasteiger partial charge in [-0.05, 0) is 24.7 Å². The molecule has 0 radical (unpaired) electrons. The number of likely N-dealkylation sites (N-methyl/N-ethyl adjacent to an activating group) is 1. The molecule has 1 aliphatic rings. The van der Waals surface area contributed by atoms with Crippen molar-refractivity contribution in [1.82, 2.24) is 10.6 Å². The third-order valence-corrected chi connectivity index (χ3v) is 2.78. The Kier molecular flexibility index (Phi) is 3.74. The predicted octanol–water partition coefficient (Wildman–Crippen LogP) is 0.698. The molecule has 1 heterocycles. The highest BCUT2D eigenvalue weighted by molar-refractivity contribution is 6.30. The zero-order valence-corrected chi connectivity index (χ0v) is 10.5. The summed E-state index contributed by atoms with van der Waals surface area (Å²) in [6.45, 7) is 0.347. The van der Waals surface area contributed by atoms with Crippen molar-refractivity contribution >= 4 is 29.3 Å². The van der Waals surface area contributed by atoms with Crippen molar-refractivity contribution in [3.05, 3.63) is 34.9 Å². The van der Waals surface area contributed by atoms with Crippen LogP contribution >= 0.6 is 11.6 Å². The molecule has 0 aliphatic carbocycles. The lowest BCUT2D eigenvalue weighted by molar-refractivity contribution is -0.129. The van der Waals surface area contributed by atoms with Crippen LogP contribution in [0.2, 0.25) is 5.02 Å². The SMILES string of the molecule is CNCC1=NC(=O)C(c2cccc(Cl)c2)C(=O)N1. The van der Waals surface area contributed by atoms with E-state index < -0.39 is 11.8 Å². The van der Waals surface area contributed by atoms with Crippen molar-refractivity contribution in [2.24, 2.45) is 4.99 Å². The van der Waals surface area contributed by atoms with E-state index in [-0.39, 0.29) is 5.91 Å². The Hall–Kier alpha value is -1.72. The second-order valence-electron chi connectivity index (χ2n) is 3.90. The third-order valence-electron chi connectivity index (χ3n) is 2.55. The Labute approximate surface area is 109 Å². The van der Waals surface area contributed by atoms with E-state index in [1.54, 1.807) is 31.3 Å². The van der Waals surface area contributed by atoms with E-state index in [4.69, 9.17) is 11.6 Å². The first-order chi connectivity index (χ1) is 8.61. The van der Waals surface area contributed by atoms with Gasteiger partial charge in [0, 0.05) is 5.02 Å². The van der Waals surface area contributed by atoms with Gasteiger partial charge in [-0.1, -0.05) is 23.7 Å². The van der Waals surface area contributed by atoms with Crippen molar-refractivity contribution < 1.29 is 9.59 Å². The van der Waals surface area contributed by atoms with Gasteiger partial charge in [-0.2, -0.15) is 4.99 Å². The monoisotopic (exact) mass is 265 g/mol. The zero-order chi connectivity index (χ0) is 13.1. The van der Waals surface area contributed by atoms with Gasteiger partial charge in [0.2, 0.25) is 5.91 Å². The number of benzene rings is 1. The number of hydrogen-bond donors (Lipinski definition) is 2. The van der Waals surface area contributed by atoms with Crippen molar-refractivity contribution in [3.8, 4) is 0 Å². The molecule has 6 heteroatoms. The third kappa shape index (κ3) is 2.57. The van der Waals surface area contributed by atoms with Crippen LogP contribution in [0.5, 0.6) is 0 Å². The van der Waals surface area contributed by atoms with Crippen molar-refractivity contribution in [2.45, 2.75) is 5.92 Å². The number of nitrogens with zero attached hydrogens (tertiary/aromatic N) is 1. The predicted molar refractivity (Wildman–Crippen MR) is 68.7 cm³/mol. The summed E-state index contributed by atoms with van der Waals surface area (Å²) >= 11 is 5.85. The molecule has 2 amide bonds. The maximum Gasteiger partial charge on any atom is 0.264 e. The molecule has 5 nitrogen and oxygen atoms in total. The lowest BCUT2D eigenvalue weighted by atomic mass is 9.96. The highest BCUT2D eigenvalue weighted by Gasteiger charge is 2.33. The fourth-order valence-electron chi connectivity index (χ4n) is 1.78. The summed E-state index contributed by atoms with van der Waals surface area (Å²) in [5, 5.41) is 5.91. The maximum atomic E-state index is 11.9. The standard InChI is InChI=1S/C12H12ClN3O2/c1-14-6-9-15-11(17)10(12(18)16-9)7-3-2-4-8(13)5-7/h2-5,10,14H,6H2,1H3,(H,15,16,17,18). The molecule has 0 saturated carbocycles. The van der Waals surface area contributed by atoms with Crippen LogP contribution in [0.1, 0.15) is 11.5 Å². The maximum absolute atomic E-state index is 11.9. The number of nitrogens with one attached hydrogen (secondary N) is 2. The molecule has 18 heavy (non-hydrogen) atoms. The summed E-state index contributed by atoms with van der Waals surface area (Å²) in [6, 6.07) is 6.67. The molecule has 0 bridgehead atoms. The van der Waals surface area contributed by atoms with Gasteiger partial charge >= 0.3 is 0 Å². The smallest absolute Gasteiger partial charge is 0.264 e.